The number of aromatic nitrogens is 1. The van der Waals surface area contributed by atoms with Crippen molar-refractivity contribution in [2.24, 2.45) is 0 Å². The summed E-state index contributed by atoms with van der Waals surface area (Å²) in [7, 11) is 0. The van der Waals surface area contributed by atoms with Crippen LogP contribution in [-0.2, 0) is 0 Å². The van der Waals surface area contributed by atoms with Gasteiger partial charge in [0.25, 0.3) is 5.78 Å². The van der Waals surface area contributed by atoms with Crippen LogP contribution in [0.25, 0.3) is 0 Å². The van der Waals surface area contributed by atoms with E-state index in [2.05, 4.69) is 20.9 Å². The lowest BCUT2D eigenvalue weighted by atomic mass is 10.2. The molecule has 0 aromatic carbocycles. The molecule has 0 fully saturated rings. The first-order chi connectivity index (χ1) is 7.20. The topological polar surface area (TPSA) is 43.1 Å². The Morgan fingerprint density at radius 3 is 2.87 bits per heavy atom. The zero-order chi connectivity index (χ0) is 10.8. The molecule has 2 rings (SSSR count). The van der Waals surface area contributed by atoms with Crippen molar-refractivity contribution in [3.63, 3.8) is 0 Å². The fourth-order valence-electron chi connectivity index (χ4n) is 1.12. The lowest BCUT2D eigenvalue weighted by molar-refractivity contribution is 0.0999. The summed E-state index contributed by atoms with van der Waals surface area (Å²) in [5.74, 6) is -1.19. The van der Waals surface area contributed by atoms with Gasteiger partial charge in [-0.15, -0.1) is 0 Å². The van der Waals surface area contributed by atoms with E-state index in [4.69, 9.17) is 4.42 Å². The third-order valence-electron chi connectivity index (χ3n) is 1.80. The van der Waals surface area contributed by atoms with Crippen LogP contribution in [0.2, 0.25) is 0 Å². The van der Waals surface area contributed by atoms with Crippen LogP contribution in [-0.4, -0.2) is 10.8 Å². The Morgan fingerprint density at radius 2 is 2.27 bits per heavy atom. The zero-order valence-corrected chi connectivity index (χ0v) is 8.99. The largest absolute Gasteiger partial charge is 0.460 e. The van der Waals surface area contributed by atoms with Crippen LogP contribution in [0.3, 0.4) is 0 Å². The number of carbonyl (C=O) groups excluding carboxylic acids is 1. The molecule has 2 heterocycles. The molecule has 15 heavy (non-hydrogen) atoms. The number of pyridine rings is 1. The van der Waals surface area contributed by atoms with Crippen LogP contribution in [0.4, 0.5) is 4.39 Å². The van der Waals surface area contributed by atoms with E-state index in [9.17, 15) is 9.18 Å². The molecule has 5 heteroatoms. The molecule has 3 nitrogen and oxygen atoms in total. The van der Waals surface area contributed by atoms with Gasteiger partial charge in [0.2, 0.25) is 0 Å². The number of ketones is 1. The minimum Gasteiger partial charge on any atom is -0.460 e. The highest BCUT2D eigenvalue weighted by Gasteiger charge is 2.20. The third-order valence-corrected chi connectivity index (χ3v) is 2.42. The van der Waals surface area contributed by atoms with Crippen molar-refractivity contribution in [2.45, 2.75) is 0 Å². The summed E-state index contributed by atoms with van der Waals surface area (Å²) in [6.45, 7) is 0. The summed E-state index contributed by atoms with van der Waals surface area (Å²) in [5, 5.41) is 0. The van der Waals surface area contributed by atoms with Gasteiger partial charge in [-0.05, 0) is 34.1 Å². The first-order valence-corrected chi connectivity index (χ1v) is 4.87. The van der Waals surface area contributed by atoms with Gasteiger partial charge in [-0.3, -0.25) is 4.79 Å². The molecule has 0 unspecified atom stereocenters. The van der Waals surface area contributed by atoms with Crippen molar-refractivity contribution in [1.29, 1.82) is 0 Å². The molecule has 2 aromatic heterocycles. The molecule has 0 aliphatic heterocycles. The van der Waals surface area contributed by atoms with Gasteiger partial charge in [-0.25, -0.2) is 9.37 Å². The van der Waals surface area contributed by atoms with Gasteiger partial charge in [0.1, 0.15) is 5.69 Å². The van der Waals surface area contributed by atoms with E-state index in [1.54, 1.807) is 6.07 Å². The van der Waals surface area contributed by atoms with Crippen molar-refractivity contribution >= 4 is 21.7 Å². The van der Waals surface area contributed by atoms with E-state index in [-0.39, 0.29) is 11.5 Å². The second-order valence-electron chi connectivity index (χ2n) is 2.76. The molecule has 76 valence electrons. The lowest BCUT2D eigenvalue weighted by Gasteiger charge is -1.98. The van der Waals surface area contributed by atoms with Gasteiger partial charge in [0.15, 0.2) is 11.6 Å². The van der Waals surface area contributed by atoms with E-state index in [1.807, 2.05) is 0 Å². The quantitative estimate of drug-likeness (QED) is 0.788. The molecular weight excluding hydrogens is 265 g/mol. The molecule has 0 N–H and O–H groups in total. The normalized spacial score (nSPS) is 10.3. The van der Waals surface area contributed by atoms with Gasteiger partial charge in [-0.1, -0.05) is 0 Å². The Bertz CT molecular complexity index is 510. The molecule has 0 atom stereocenters. The predicted molar refractivity (Wildman–Crippen MR) is 54.0 cm³/mol. The average Bonchev–Trinajstić information content (AvgIpc) is 2.64. The van der Waals surface area contributed by atoms with Gasteiger partial charge in [-0.2, -0.15) is 0 Å². The molecule has 0 radical (unpaired) electrons. The van der Waals surface area contributed by atoms with Crippen LogP contribution in [0.1, 0.15) is 16.2 Å². The molecule has 2 aromatic rings. The van der Waals surface area contributed by atoms with Crippen molar-refractivity contribution in [3.05, 3.63) is 52.4 Å². The molecule has 0 saturated carbocycles. The minimum absolute atomic E-state index is 0.0487. The van der Waals surface area contributed by atoms with Crippen molar-refractivity contribution in [3.8, 4) is 0 Å². The summed E-state index contributed by atoms with van der Waals surface area (Å²) in [6.07, 6.45) is 2.70. The predicted octanol–water partition coefficient (Wildman–Crippen LogP) is 2.81. The van der Waals surface area contributed by atoms with Crippen LogP contribution in [0.5, 0.6) is 0 Å². The SMILES string of the molecule is O=C(c1ncccc1F)c1occc1Br. The highest BCUT2D eigenvalue weighted by atomic mass is 79.9. The monoisotopic (exact) mass is 269 g/mol. The number of carbonyl (C=O) groups is 1. The molecule has 0 aliphatic rings. The summed E-state index contributed by atoms with van der Waals surface area (Å²) < 4.78 is 18.6. The number of rotatable bonds is 2. The van der Waals surface area contributed by atoms with Crippen LogP contribution < -0.4 is 0 Å². The highest BCUT2D eigenvalue weighted by Crippen LogP contribution is 2.21. The number of hydrogen-bond donors (Lipinski definition) is 0. The van der Waals surface area contributed by atoms with E-state index in [0.717, 1.165) is 0 Å². The maximum absolute atomic E-state index is 13.2. The van der Waals surface area contributed by atoms with E-state index >= 15 is 0 Å². The van der Waals surface area contributed by atoms with E-state index < -0.39 is 11.6 Å². The second-order valence-corrected chi connectivity index (χ2v) is 3.61. The van der Waals surface area contributed by atoms with Crippen LogP contribution >= 0.6 is 15.9 Å². The molecule has 0 saturated heterocycles. The molecule has 0 amide bonds. The molecular formula is C10H5BrFNO2. The summed E-state index contributed by atoms with van der Waals surface area (Å²) >= 11 is 3.12. The standard InChI is InChI=1S/C10H5BrFNO2/c11-6-3-5-15-10(6)9(14)8-7(12)2-1-4-13-8/h1-5H. The van der Waals surface area contributed by atoms with Crippen LogP contribution in [0, 0.1) is 5.82 Å². The Labute approximate surface area is 93.1 Å². The summed E-state index contributed by atoms with van der Waals surface area (Å²) in [6, 6.07) is 4.16. The summed E-state index contributed by atoms with van der Waals surface area (Å²) in [5.41, 5.74) is -0.242. The van der Waals surface area contributed by atoms with Gasteiger partial charge in [0.05, 0.1) is 10.7 Å². The van der Waals surface area contributed by atoms with Crippen molar-refractivity contribution in [1.82, 2.24) is 4.98 Å². The maximum Gasteiger partial charge on any atom is 0.250 e. The van der Waals surface area contributed by atoms with Crippen molar-refractivity contribution < 1.29 is 13.6 Å². The first kappa shape index (κ1) is 10.0. The zero-order valence-electron chi connectivity index (χ0n) is 7.41. The average molecular weight is 270 g/mol. The van der Waals surface area contributed by atoms with Gasteiger partial charge in [0, 0.05) is 6.20 Å². The molecule has 0 spiro atoms. The number of nitrogens with zero attached hydrogens (tertiary/aromatic N) is 1. The molecule has 0 aliphatic carbocycles. The fourth-order valence-corrected chi connectivity index (χ4v) is 1.50. The number of halogens is 2. The Kier molecular flexibility index (Phi) is 2.64. The van der Waals surface area contributed by atoms with Gasteiger partial charge >= 0.3 is 0 Å². The Hall–Kier alpha value is -1.49. The summed E-state index contributed by atoms with van der Waals surface area (Å²) in [4.78, 5) is 15.4. The maximum atomic E-state index is 13.2. The third kappa shape index (κ3) is 1.83. The number of furan rings is 1. The van der Waals surface area contributed by atoms with Crippen LogP contribution in [0.15, 0.2) is 39.5 Å². The Balaban J connectivity index is 2.46. The smallest absolute Gasteiger partial charge is 0.250 e. The highest BCUT2D eigenvalue weighted by molar-refractivity contribution is 9.10. The second kappa shape index (κ2) is 3.94. The number of hydrogen-bond acceptors (Lipinski definition) is 3. The van der Waals surface area contributed by atoms with Crippen molar-refractivity contribution in [2.75, 3.05) is 0 Å². The lowest BCUT2D eigenvalue weighted by Crippen LogP contribution is -2.06. The Morgan fingerprint density at radius 1 is 1.47 bits per heavy atom. The molecule has 0 bridgehead atoms. The first-order valence-electron chi connectivity index (χ1n) is 4.08. The van der Waals surface area contributed by atoms with E-state index in [0.29, 0.717) is 4.47 Å². The minimum atomic E-state index is -0.661. The fraction of sp³-hybridized carbons (Fsp3) is 0. The van der Waals surface area contributed by atoms with Gasteiger partial charge < -0.3 is 4.42 Å². The van der Waals surface area contributed by atoms with E-state index in [1.165, 1.54) is 24.6 Å².